The molecule has 156 valence electrons. The lowest BCUT2D eigenvalue weighted by Gasteiger charge is -2.36. The van der Waals surface area contributed by atoms with Crippen LogP contribution in [0.15, 0.2) is 29.2 Å². The summed E-state index contributed by atoms with van der Waals surface area (Å²) in [7, 11) is -3.83. The van der Waals surface area contributed by atoms with Gasteiger partial charge < -0.3 is 4.90 Å². The number of rotatable bonds is 5. The summed E-state index contributed by atoms with van der Waals surface area (Å²) in [5, 5.41) is 19.9. The Morgan fingerprint density at radius 2 is 1.86 bits per heavy atom. The van der Waals surface area contributed by atoms with Crippen molar-refractivity contribution in [1.82, 2.24) is 9.79 Å². The third-order valence-corrected chi connectivity index (χ3v) is 8.01. The van der Waals surface area contributed by atoms with Crippen LogP contribution in [0.4, 0.5) is 11.4 Å². The Hall–Kier alpha value is -1.96. The first-order valence-electron chi connectivity index (χ1n) is 8.08. The molecule has 1 aliphatic heterocycles. The number of nitrogens with zero attached hydrogens (tertiary/aromatic N) is 3. The maximum absolute atomic E-state index is 12.8. The van der Waals surface area contributed by atoms with Crippen LogP contribution in [-0.4, -0.2) is 54.9 Å². The minimum Gasteiger partial charge on any atom is -0.368 e. The Balaban J connectivity index is 1.83. The van der Waals surface area contributed by atoms with Crippen LogP contribution in [-0.2, 0) is 10.0 Å². The molecule has 1 aromatic heterocycles. The van der Waals surface area contributed by atoms with Gasteiger partial charge in [-0.25, -0.2) is 13.9 Å². The molecule has 1 aliphatic rings. The smallest absolute Gasteiger partial charge is 0.276 e. The van der Waals surface area contributed by atoms with E-state index in [1.54, 1.807) is 4.90 Å². The van der Waals surface area contributed by atoms with Gasteiger partial charge in [0.15, 0.2) is 0 Å². The first-order chi connectivity index (χ1) is 13.6. The number of hydrogen-bond acceptors (Lipinski definition) is 8. The van der Waals surface area contributed by atoms with E-state index in [-0.39, 0.29) is 51.0 Å². The molecule has 2 aromatic rings. The number of carbonyl (C=O) groups is 1. The van der Waals surface area contributed by atoms with Crippen LogP contribution in [0, 0.1) is 10.1 Å². The molecule has 0 unspecified atom stereocenters. The van der Waals surface area contributed by atoms with Gasteiger partial charge in [-0.3, -0.25) is 20.1 Å². The molecule has 0 spiro atoms. The molecule has 2 N–H and O–H groups in total. The fourth-order valence-electron chi connectivity index (χ4n) is 2.96. The second-order valence-corrected chi connectivity index (χ2v) is 10.2. The van der Waals surface area contributed by atoms with E-state index in [4.69, 9.17) is 28.4 Å². The van der Waals surface area contributed by atoms with E-state index in [0.29, 0.717) is 5.69 Å². The zero-order chi connectivity index (χ0) is 21.3. The van der Waals surface area contributed by atoms with Gasteiger partial charge in [0.1, 0.15) is 9.23 Å². The number of anilines is 1. The summed E-state index contributed by atoms with van der Waals surface area (Å²) in [6.07, 6.45) is 0. The van der Waals surface area contributed by atoms with Gasteiger partial charge in [0, 0.05) is 38.3 Å². The summed E-state index contributed by atoms with van der Waals surface area (Å²) < 4.78 is 27.2. The summed E-state index contributed by atoms with van der Waals surface area (Å²) in [5.74, 6) is -0.904. The molecule has 1 amide bonds. The number of sulfonamides is 1. The van der Waals surface area contributed by atoms with E-state index in [1.807, 2.05) is 0 Å². The van der Waals surface area contributed by atoms with Gasteiger partial charge in [0.05, 0.1) is 20.5 Å². The van der Waals surface area contributed by atoms with Crippen molar-refractivity contribution in [2.45, 2.75) is 4.90 Å². The average molecular weight is 481 g/mol. The molecule has 29 heavy (non-hydrogen) atoms. The SMILES string of the molecule is O=C(NO)c1cc([N+](=O)[O-])ccc1N1CCN(S(=O)(=O)c2cc(Cl)sc2Cl)CC1. The van der Waals surface area contributed by atoms with Gasteiger partial charge in [0.25, 0.3) is 11.6 Å². The highest BCUT2D eigenvalue weighted by atomic mass is 35.5. The summed E-state index contributed by atoms with van der Waals surface area (Å²) in [6, 6.07) is 4.98. The largest absolute Gasteiger partial charge is 0.368 e. The van der Waals surface area contributed by atoms with Crippen molar-refractivity contribution in [2.24, 2.45) is 0 Å². The number of nitro groups is 1. The third-order valence-electron chi connectivity index (χ3n) is 4.36. The molecule has 1 fully saturated rings. The minimum atomic E-state index is -3.83. The predicted octanol–water partition coefficient (Wildman–Crippen LogP) is 2.59. The Morgan fingerprint density at radius 3 is 2.38 bits per heavy atom. The van der Waals surface area contributed by atoms with Crippen molar-refractivity contribution < 1.29 is 23.3 Å². The van der Waals surface area contributed by atoms with E-state index < -0.39 is 20.9 Å². The summed E-state index contributed by atoms with van der Waals surface area (Å²) >= 11 is 12.8. The monoisotopic (exact) mass is 480 g/mol. The fourth-order valence-corrected chi connectivity index (χ4v) is 6.50. The Morgan fingerprint density at radius 1 is 1.21 bits per heavy atom. The summed E-state index contributed by atoms with van der Waals surface area (Å²) in [5.41, 5.74) is 1.41. The van der Waals surface area contributed by atoms with E-state index in [2.05, 4.69) is 0 Å². The molecule has 2 heterocycles. The molecule has 0 atom stereocenters. The van der Waals surface area contributed by atoms with Crippen molar-refractivity contribution >= 4 is 61.8 Å². The molecular formula is C15H14Cl2N4O6S2. The van der Waals surface area contributed by atoms with Crippen molar-refractivity contribution in [3.8, 4) is 0 Å². The molecule has 14 heteroatoms. The van der Waals surface area contributed by atoms with Gasteiger partial charge >= 0.3 is 0 Å². The topological polar surface area (TPSA) is 133 Å². The molecule has 0 bridgehead atoms. The average Bonchev–Trinajstić information content (AvgIpc) is 3.05. The van der Waals surface area contributed by atoms with E-state index in [1.165, 1.54) is 28.0 Å². The van der Waals surface area contributed by atoms with Crippen LogP contribution in [0.3, 0.4) is 0 Å². The standard InChI is InChI=1S/C15H14Cl2N4O6S2/c16-13-8-12(14(17)28-13)29(26,27)20-5-3-19(4-6-20)11-2-1-9(21(24)25)7-10(11)15(22)18-23/h1-2,7-8,23H,3-6H2,(H,18,22). The first kappa shape index (κ1) is 21.7. The third kappa shape index (κ3) is 4.32. The number of nitrogens with one attached hydrogen (secondary N) is 1. The van der Waals surface area contributed by atoms with Crippen LogP contribution in [0.2, 0.25) is 8.67 Å². The summed E-state index contributed by atoms with van der Waals surface area (Å²) in [6.45, 7) is 0.642. The summed E-state index contributed by atoms with van der Waals surface area (Å²) in [4.78, 5) is 23.9. The van der Waals surface area contributed by atoms with E-state index >= 15 is 0 Å². The maximum atomic E-state index is 12.8. The molecular weight excluding hydrogens is 467 g/mol. The number of non-ortho nitro benzene ring substituents is 1. The second kappa shape index (κ2) is 8.42. The van der Waals surface area contributed by atoms with Crippen LogP contribution in [0.1, 0.15) is 10.4 Å². The Labute approximate surface area is 179 Å². The van der Waals surface area contributed by atoms with Gasteiger partial charge in [-0.1, -0.05) is 23.2 Å². The molecule has 0 radical (unpaired) electrons. The number of hydrogen-bond donors (Lipinski definition) is 2. The van der Waals surface area contributed by atoms with Crippen molar-refractivity contribution in [1.29, 1.82) is 0 Å². The lowest BCUT2D eigenvalue weighted by atomic mass is 10.1. The quantitative estimate of drug-likeness (QED) is 0.381. The van der Waals surface area contributed by atoms with Crippen molar-refractivity contribution in [2.75, 3.05) is 31.1 Å². The number of thiophene rings is 1. The van der Waals surface area contributed by atoms with Gasteiger partial charge in [-0.15, -0.1) is 11.3 Å². The lowest BCUT2D eigenvalue weighted by molar-refractivity contribution is -0.384. The van der Waals surface area contributed by atoms with Crippen LogP contribution < -0.4 is 10.4 Å². The predicted molar refractivity (Wildman–Crippen MR) is 108 cm³/mol. The van der Waals surface area contributed by atoms with Gasteiger partial charge in [0.2, 0.25) is 10.0 Å². The molecule has 3 rings (SSSR count). The Kier molecular flexibility index (Phi) is 6.31. The number of piperazine rings is 1. The minimum absolute atomic E-state index is 0.0571. The van der Waals surface area contributed by atoms with Crippen molar-refractivity contribution in [3.05, 3.63) is 48.6 Å². The number of halogens is 2. The fraction of sp³-hybridized carbons (Fsp3) is 0.267. The molecule has 0 aliphatic carbocycles. The van der Waals surface area contributed by atoms with E-state index in [0.717, 1.165) is 17.4 Å². The van der Waals surface area contributed by atoms with Gasteiger partial charge in [-0.2, -0.15) is 4.31 Å². The highest BCUT2D eigenvalue weighted by molar-refractivity contribution is 7.89. The normalized spacial score (nSPS) is 15.3. The van der Waals surface area contributed by atoms with Crippen LogP contribution in [0.5, 0.6) is 0 Å². The molecule has 1 aromatic carbocycles. The highest BCUT2D eigenvalue weighted by Crippen LogP contribution is 2.36. The maximum Gasteiger partial charge on any atom is 0.276 e. The zero-order valence-electron chi connectivity index (χ0n) is 14.5. The number of hydroxylamine groups is 1. The van der Waals surface area contributed by atoms with Gasteiger partial charge in [-0.05, 0) is 12.1 Å². The molecule has 0 saturated carbocycles. The Bertz CT molecular complexity index is 1070. The number of amides is 1. The molecule has 1 saturated heterocycles. The highest BCUT2D eigenvalue weighted by Gasteiger charge is 2.32. The molecule has 10 nitrogen and oxygen atoms in total. The number of benzene rings is 1. The van der Waals surface area contributed by atoms with Crippen molar-refractivity contribution in [3.63, 3.8) is 0 Å². The first-order valence-corrected chi connectivity index (χ1v) is 11.1. The second-order valence-electron chi connectivity index (χ2n) is 5.98. The number of carbonyl (C=O) groups excluding carboxylic acids is 1. The lowest BCUT2D eigenvalue weighted by Crippen LogP contribution is -2.49. The van der Waals surface area contributed by atoms with Crippen LogP contribution in [0.25, 0.3) is 0 Å². The van der Waals surface area contributed by atoms with Crippen LogP contribution >= 0.6 is 34.5 Å². The zero-order valence-corrected chi connectivity index (χ0v) is 17.7. The van der Waals surface area contributed by atoms with E-state index in [9.17, 15) is 23.3 Å². The number of nitro benzene ring substituents is 1.